The van der Waals surface area contributed by atoms with Gasteiger partial charge in [-0.05, 0) is 31.5 Å². The summed E-state index contributed by atoms with van der Waals surface area (Å²) in [6.07, 6.45) is 5.32. The normalized spacial score (nSPS) is 22.6. The highest BCUT2D eigenvalue weighted by atomic mass is 32.1. The fourth-order valence-electron chi connectivity index (χ4n) is 2.37. The van der Waals surface area contributed by atoms with Gasteiger partial charge in [-0.15, -0.1) is 0 Å². The topological polar surface area (TPSA) is 75.0 Å². The maximum Gasteiger partial charge on any atom is 0.244 e. The number of amides is 2. The van der Waals surface area contributed by atoms with Crippen molar-refractivity contribution in [3.05, 3.63) is 0 Å². The summed E-state index contributed by atoms with van der Waals surface area (Å²) < 4.78 is 0. The van der Waals surface area contributed by atoms with E-state index in [1.807, 2.05) is 0 Å². The summed E-state index contributed by atoms with van der Waals surface area (Å²) in [5, 5.41) is 4.90. The lowest BCUT2D eigenvalue weighted by atomic mass is 10.1. The van der Waals surface area contributed by atoms with Crippen LogP contribution in [0.25, 0.3) is 0 Å². The third-order valence-corrected chi connectivity index (χ3v) is 3.65. The molecule has 7 heteroatoms. The molecule has 2 rings (SSSR count). The summed E-state index contributed by atoms with van der Waals surface area (Å²) in [6, 6.07) is 0. The molecule has 3 N–H and O–H groups in total. The number of aliphatic imine (C=N–C) groups is 1. The quantitative estimate of drug-likeness (QED) is 0.326. The molecule has 0 aromatic carbocycles. The second-order valence-corrected chi connectivity index (χ2v) is 5.31. The van der Waals surface area contributed by atoms with Crippen molar-refractivity contribution in [1.29, 1.82) is 0 Å². The molecule has 0 bridgehead atoms. The largest absolute Gasteiger partial charge is 0.333 e. The highest BCUT2D eigenvalue weighted by Crippen LogP contribution is 1.99. The average Bonchev–Trinajstić information content (AvgIpc) is 2.38. The van der Waals surface area contributed by atoms with Gasteiger partial charge in [0.25, 0.3) is 0 Å². The Morgan fingerprint density at radius 2 is 1.84 bits per heavy atom. The van der Waals surface area contributed by atoms with Crippen molar-refractivity contribution >= 4 is 35.4 Å². The van der Waals surface area contributed by atoms with Crippen LogP contribution in [-0.4, -0.2) is 49.3 Å². The first-order valence-corrected chi connectivity index (χ1v) is 7.07. The number of hydrogen-bond acceptors (Lipinski definition) is 4. The van der Waals surface area contributed by atoms with Crippen molar-refractivity contribution in [2.75, 3.05) is 26.2 Å². The summed E-state index contributed by atoms with van der Waals surface area (Å²) in [7, 11) is 0. The number of quaternary nitrogens is 1. The van der Waals surface area contributed by atoms with Crippen LogP contribution in [0.3, 0.4) is 0 Å². The fourth-order valence-corrected chi connectivity index (χ4v) is 2.57. The molecule has 0 radical (unpaired) electrons. The van der Waals surface area contributed by atoms with E-state index < -0.39 is 17.7 Å². The summed E-state index contributed by atoms with van der Waals surface area (Å²) in [4.78, 5) is 28.9. The summed E-state index contributed by atoms with van der Waals surface area (Å²) in [5.74, 6) is -1.66. The molecule has 0 spiro atoms. The van der Waals surface area contributed by atoms with Gasteiger partial charge in [-0.1, -0.05) is 0 Å². The van der Waals surface area contributed by atoms with E-state index in [1.165, 1.54) is 38.6 Å². The molecule has 6 nitrogen and oxygen atoms in total. The van der Waals surface area contributed by atoms with Crippen molar-refractivity contribution in [3.63, 3.8) is 0 Å². The average molecular weight is 283 g/mol. The van der Waals surface area contributed by atoms with Crippen LogP contribution in [0.4, 0.5) is 0 Å². The number of nitrogens with zero attached hydrogens (tertiary/aromatic N) is 1. The van der Waals surface area contributed by atoms with Crippen LogP contribution >= 0.6 is 12.2 Å². The second-order valence-electron chi connectivity index (χ2n) is 4.90. The van der Waals surface area contributed by atoms with Gasteiger partial charge in [0.15, 0.2) is 11.0 Å². The molecule has 0 aliphatic carbocycles. The molecular formula is C12H19N4O2S+. The number of piperidine rings is 1. The number of hydrogen-bond donors (Lipinski definition) is 3. The molecule has 0 saturated carbocycles. The fraction of sp³-hybridized carbons (Fsp3) is 0.667. The Hall–Kier alpha value is -1.34. The van der Waals surface area contributed by atoms with Crippen LogP contribution in [0.15, 0.2) is 4.99 Å². The van der Waals surface area contributed by atoms with Crippen molar-refractivity contribution < 1.29 is 14.5 Å². The third-order valence-electron chi connectivity index (χ3n) is 3.45. The van der Waals surface area contributed by atoms with E-state index in [4.69, 9.17) is 12.2 Å². The van der Waals surface area contributed by atoms with E-state index in [9.17, 15) is 9.59 Å². The number of thiocarbonyl (C=S) groups is 1. The van der Waals surface area contributed by atoms with E-state index in [1.54, 1.807) is 4.90 Å². The molecule has 2 heterocycles. The van der Waals surface area contributed by atoms with E-state index in [0.717, 1.165) is 6.54 Å². The van der Waals surface area contributed by atoms with Gasteiger partial charge in [0.05, 0.1) is 26.2 Å². The Morgan fingerprint density at radius 1 is 1.21 bits per heavy atom. The monoisotopic (exact) mass is 283 g/mol. The molecule has 19 heavy (non-hydrogen) atoms. The Kier molecular flexibility index (Phi) is 4.98. The Balaban J connectivity index is 1.76. The highest BCUT2D eigenvalue weighted by Gasteiger charge is 2.30. The van der Waals surface area contributed by atoms with E-state index in [0.29, 0.717) is 6.54 Å². The van der Waals surface area contributed by atoms with Crippen molar-refractivity contribution in [1.82, 2.24) is 10.6 Å². The zero-order valence-electron chi connectivity index (χ0n) is 10.8. The highest BCUT2D eigenvalue weighted by molar-refractivity contribution is 7.80. The first kappa shape index (κ1) is 14.1. The minimum absolute atomic E-state index is 0.0670. The standard InChI is InChI=1S/C12H18N4O2S/c17-10-9(11(18)15-12(19)14-10)8-13-4-7-16-5-2-1-3-6-16/h8-9H,1-7H2,(H2,14,15,17,18,19)/p+1. The Labute approximate surface area is 117 Å². The van der Waals surface area contributed by atoms with E-state index in [-0.39, 0.29) is 5.11 Å². The number of rotatable bonds is 4. The smallest absolute Gasteiger partial charge is 0.244 e. The van der Waals surface area contributed by atoms with Crippen molar-refractivity contribution in [2.45, 2.75) is 19.3 Å². The van der Waals surface area contributed by atoms with Gasteiger partial charge in [0.1, 0.15) is 0 Å². The number of likely N-dealkylation sites (tertiary alicyclic amines) is 1. The molecular weight excluding hydrogens is 264 g/mol. The lowest BCUT2D eigenvalue weighted by Gasteiger charge is -2.22. The lowest BCUT2D eigenvalue weighted by molar-refractivity contribution is -0.903. The maximum atomic E-state index is 11.6. The minimum atomic E-state index is -0.858. The van der Waals surface area contributed by atoms with Crippen LogP contribution in [0.1, 0.15) is 19.3 Å². The molecule has 2 fully saturated rings. The van der Waals surface area contributed by atoms with Crippen LogP contribution in [-0.2, 0) is 9.59 Å². The molecule has 0 unspecified atom stereocenters. The number of carbonyl (C=O) groups is 2. The van der Waals surface area contributed by atoms with Crippen LogP contribution < -0.4 is 15.5 Å². The summed E-state index contributed by atoms with van der Waals surface area (Å²) in [5.41, 5.74) is 0. The first-order valence-electron chi connectivity index (χ1n) is 6.66. The Morgan fingerprint density at radius 3 is 2.47 bits per heavy atom. The zero-order chi connectivity index (χ0) is 13.7. The molecule has 2 saturated heterocycles. The zero-order valence-corrected chi connectivity index (χ0v) is 11.6. The van der Waals surface area contributed by atoms with Crippen molar-refractivity contribution in [2.24, 2.45) is 10.9 Å². The minimum Gasteiger partial charge on any atom is -0.333 e. The Bertz CT molecular complexity index is 385. The van der Waals surface area contributed by atoms with Gasteiger partial charge in [0.2, 0.25) is 11.8 Å². The number of carbonyl (C=O) groups excluding carboxylic acids is 2. The van der Waals surface area contributed by atoms with Gasteiger partial charge < -0.3 is 15.5 Å². The lowest BCUT2D eigenvalue weighted by Crippen LogP contribution is -3.13. The number of nitrogens with one attached hydrogen (secondary N) is 3. The van der Waals surface area contributed by atoms with Gasteiger partial charge >= 0.3 is 0 Å². The van der Waals surface area contributed by atoms with Gasteiger partial charge in [-0.25, -0.2) is 0 Å². The van der Waals surface area contributed by atoms with Crippen LogP contribution in [0.5, 0.6) is 0 Å². The summed E-state index contributed by atoms with van der Waals surface area (Å²) in [6.45, 7) is 4.02. The molecule has 0 aromatic heterocycles. The maximum absolute atomic E-state index is 11.6. The SMILES string of the molecule is O=C1NC(=S)NC(=O)C1C=NCC[NH+]1CCCCC1. The first-order chi connectivity index (χ1) is 9.16. The van der Waals surface area contributed by atoms with E-state index in [2.05, 4.69) is 15.6 Å². The molecule has 0 atom stereocenters. The van der Waals surface area contributed by atoms with Gasteiger partial charge in [0, 0.05) is 6.21 Å². The van der Waals surface area contributed by atoms with Gasteiger partial charge in [-0.2, -0.15) is 0 Å². The molecule has 0 aromatic rings. The van der Waals surface area contributed by atoms with Gasteiger partial charge in [-0.3, -0.25) is 14.6 Å². The molecule has 2 aliphatic rings. The van der Waals surface area contributed by atoms with Crippen molar-refractivity contribution in [3.8, 4) is 0 Å². The predicted molar refractivity (Wildman–Crippen MR) is 75.1 cm³/mol. The van der Waals surface area contributed by atoms with E-state index >= 15 is 0 Å². The van der Waals surface area contributed by atoms with Crippen LogP contribution in [0, 0.1) is 5.92 Å². The molecule has 2 amide bonds. The molecule has 2 aliphatic heterocycles. The second kappa shape index (κ2) is 6.72. The van der Waals surface area contributed by atoms with Crippen LogP contribution in [0.2, 0.25) is 0 Å². The molecule has 104 valence electrons. The summed E-state index contributed by atoms with van der Waals surface area (Å²) >= 11 is 4.72. The predicted octanol–water partition coefficient (Wildman–Crippen LogP) is -1.73. The third kappa shape index (κ3) is 4.07.